The van der Waals surface area contributed by atoms with Crippen LogP contribution in [0.15, 0.2) is 322 Å². The molecule has 15 rings (SSSR count). The van der Waals surface area contributed by atoms with Gasteiger partial charge < -0.3 is 0 Å². The highest BCUT2D eigenvalue weighted by Crippen LogP contribution is 2.56. The molecule has 0 spiro atoms. The summed E-state index contributed by atoms with van der Waals surface area (Å²) in [4.78, 5) is 31.9. The minimum atomic E-state index is -5.19. The number of ketones is 2. The highest BCUT2D eigenvalue weighted by molar-refractivity contribution is 6.60. The van der Waals surface area contributed by atoms with Crippen molar-refractivity contribution in [2.45, 2.75) is 50.1 Å². The van der Waals surface area contributed by atoms with E-state index in [0.717, 1.165) is 65.2 Å². The SMILES string of the molecule is Cc1ccc(C#Cc2ccc(C3=C(c4ccc(C(c5ccccc5)(c5ccc(C6=C(c7ccc(C#Cc8ccc(C(F)(F)F)cc8)cc7)C(=O)C(c7ccc(C#Cc8ccc(C(F)(F)F)cc8)cc7)=C6c6ccc(C(F)(F)F)cc6)cc5)C(F)(F)F)cc4)C(c4ccc(C)cc4)=C(c4ccc(C#Cc5ccc(C(F)(F)F)cc5)cc4)C3=O)cc2)cc1. The Hall–Kier alpha value is -14.7. The number of aryl methyl sites for hydroxylation is 2. The number of Topliss-reactive ketones (excluding diaryl/α,β-unsaturated/α-hetero) is 2. The summed E-state index contributed by atoms with van der Waals surface area (Å²) in [5.41, 5.74) is 1.51. The van der Waals surface area contributed by atoms with Crippen molar-refractivity contribution in [1.29, 1.82) is 0 Å². The molecule has 2 aliphatic carbocycles. The third-order valence-electron chi connectivity index (χ3n) is 20.9. The van der Waals surface area contributed by atoms with E-state index in [-0.39, 0.29) is 83.5 Å². The molecular formula is C104H59F15O2. The molecule has 0 amide bonds. The Bertz CT molecular complexity index is 6580. The van der Waals surface area contributed by atoms with E-state index in [9.17, 15) is 52.7 Å². The molecule has 13 aromatic carbocycles. The predicted molar refractivity (Wildman–Crippen MR) is 440 cm³/mol. The van der Waals surface area contributed by atoms with Gasteiger partial charge in [0.15, 0.2) is 11.6 Å². The topological polar surface area (TPSA) is 34.1 Å². The highest BCUT2D eigenvalue weighted by atomic mass is 19.4. The summed E-state index contributed by atoms with van der Waals surface area (Å²) in [5, 5.41) is 0. The Morgan fingerprint density at radius 1 is 0.182 bits per heavy atom. The fourth-order valence-electron chi connectivity index (χ4n) is 14.8. The third kappa shape index (κ3) is 17.1. The molecular weight excluding hydrogens is 1570 g/mol. The van der Waals surface area contributed by atoms with Gasteiger partial charge in [0, 0.05) is 89.1 Å². The summed E-state index contributed by atoms with van der Waals surface area (Å²) < 4.78 is 218. The van der Waals surface area contributed by atoms with Crippen molar-refractivity contribution in [3.63, 3.8) is 0 Å². The Morgan fingerprint density at radius 2 is 0.339 bits per heavy atom. The molecule has 0 N–H and O–H groups in total. The molecule has 0 radical (unpaired) electrons. The van der Waals surface area contributed by atoms with Crippen LogP contribution in [-0.4, -0.2) is 17.7 Å². The number of carbonyl (C=O) groups is 2. The Morgan fingerprint density at radius 3 is 0.554 bits per heavy atom. The molecule has 17 heteroatoms. The number of rotatable bonds is 11. The van der Waals surface area contributed by atoms with Gasteiger partial charge in [0.2, 0.25) is 0 Å². The van der Waals surface area contributed by atoms with Gasteiger partial charge in [-0.3, -0.25) is 9.59 Å². The van der Waals surface area contributed by atoms with E-state index in [1.165, 1.54) is 170 Å². The minimum absolute atomic E-state index is 0.0445. The van der Waals surface area contributed by atoms with Crippen molar-refractivity contribution in [2.75, 3.05) is 0 Å². The van der Waals surface area contributed by atoms with Gasteiger partial charge in [-0.25, -0.2) is 0 Å². The molecule has 0 bridgehead atoms. The summed E-state index contributed by atoms with van der Waals surface area (Å²) in [6, 6.07) is 76.1. The first-order chi connectivity index (χ1) is 57.8. The fraction of sp³-hybridized carbons (Fsp3) is 0.0769. The number of carbonyl (C=O) groups excluding carboxylic acids is 2. The van der Waals surface area contributed by atoms with Crippen LogP contribution in [0.5, 0.6) is 0 Å². The van der Waals surface area contributed by atoms with E-state index in [4.69, 9.17) is 0 Å². The van der Waals surface area contributed by atoms with Crippen LogP contribution in [0, 0.1) is 61.2 Å². The quantitative estimate of drug-likeness (QED) is 0.0735. The lowest BCUT2D eigenvalue weighted by Crippen LogP contribution is -2.44. The van der Waals surface area contributed by atoms with E-state index in [1.54, 1.807) is 54.6 Å². The summed E-state index contributed by atoms with van der Waals surface area (Å²) in [6.45, 7) is 3.85. The van der Waals surface area contributed by atoms with E-state index in [1.807, 2.05) is 62.4 Å². The second-order valence-corrected chi connectivity index (χ2v) is 28.8. The van der Waals surface area contributed by atoms with Gasteiger partial charge in [0.1, 0.15) is 5.41 Å². The van der Waals surface area contributed by atoms with Crippen molar-refractivity contribution >= 4 is 56.2 Å². The van der Waals surface area contributed by atoms with Gasteiger partial charge in [-0.15, -0.1) is 0 Å². The molecule has 1 unspecified atom stereocenters. The number of alkyl halides is 15. The van der Waals surface area contributed by atoms with Crippen molar-refractivity contribution in [1.82, 2.24) is 0 Å². The molecule has 0 fully saturated rings. The number of allylic oxidation sites excluding steroid dienone is 8. The first-order valence-electron chi connectivity index (χ1n) is 37.5. The Balaban J connectivity index is 0.881. The van der Waals surface area contributed by atoms with Crippen LogP contribution in [0.25, 0.3) is 44.6 Å². The molecule has 0 aliphatic heterocycles. The van der Waals surface area contributed by atoms with Crippen LogP contribution in [0.3, 0.4) is 0 Å². The fourth-order valence-corrected chi connectivity index (χ4v) is 14.8. The molecule has 13 aromatic rings. The zero-order chi connectivity index (χ0) is 85.3. The monoisotopic (exact) mass is 1620 g/mol. The van der Waals surface area contributed by atoms with Crippen LogP contribution in [0.4, 0.5) is 65.9 Å². The molecule has 2 nitrogen and oxygen atoms in total. The summed E-state index contributed by atoms with van der Waals surface area (Å²) >= 11 is 0. The van der Waals surface area contributed by atoms with E-state index >= 15 is 22.8 Å². The highest BCUT2D eigenvalue weighted by Gasteiger charge is 2.58. The summed E-state index contributed by atoms with van der Waals surface area (Å²) in [5.74, 6) is 22.6. The van der Waals surface area contributed by atoms with Gasteiger partial charge >= 0.3 is 30.9 Å². The van der Waals surface area contributed by atoms with E-state index in [0.29, 0.717) is 61.2 Å². The maximum Gasteiger partial charge on any atom is 0.416 e. The smallest absolute Gasteiger partial charge is 0.289 e. The van der Waals surface area contributed by atoms with E-state index in [2.05, 4.69) is 47.4 Å². The zero-order valence-electron chi connectivity index (χ0n) is 63.6. The number of hydrogen-bond acceptors (Lipinski definition) is 2. The Labute approximate surface area is 686 Å². The zero-order valence-corrected chi connectivity index (χ0v) is 63.6. The normalized spacial score (nSPS) is 13.7. The predicted octanol–water partition coefficient (Wildman–Crippen LogP) is 26.1. The third-order valence-corrected chi connectivity index (χ3v) is 20.9. The average molecular weight is 1630 g/mol. The lowest BCUT2D eigenvalue weighted by Gasteiger charge is -2.38. The van der Waals surface area contributed by atoms with E-state index < -0.39 is 70.1 Å². The van der Waals surface area contributed by atoms with Crippen LogP contribution in [-0.2, 0) is 39.7 Å². The second-order valence-electron chi connectivity index (χ2n) is 28.8. The van der Waals surface area contributed by atoms with Gasteiger partial charge in [0.05, 0.1) is 22.3 Å². The molecule has 0 saturated carbocycles. The Kier molecular flexibility index (Phi) is 22.0. The average Bonchev–Trinajstić information content (AvgIpc) is 1.69. The van der Waals surface area contributed by atoms with Gasteiger partial charge in [-0.05, 0) is 221 Å². The standard InChI is InChI=1S/C104H59F15O2/c1-64-8-12-66(13-9-64)14-15-67-22-40-79(41-23-67)94-90(89(74-36-10-65(2)11-37-74)93(97(94)120)78-38-24-68(25-39-78)16-19-71-30-52-85(53-31-71)100(105,106)107)75-46-58-83(59-47-75)99(104(117,118)119,82-6-4-3-5-7-82)84-60-48-76(49-61-84)91-92(77-50-62-88(63-51-77)103(114,115)116)96(81-44-28-70(29-45-81)18-21-73-34-56-87(57-35-73)102(111,112)113)98(121)95(91)80-42-26-69(27-43-80)17-20-72-32-54-86(55-33-72)101(108,109)110/h3-13,22-63H,1-2H3. The van der Waals surface area contributed by atoms with Gasteiger partial charge in [-0.1, -0.05) is 234 Å². The number of halogens is 15. The van der Waals surface area contributed by atoms with Crippen molar-refractivity contribution in [3.8, 4) is 47.4 Å². The molecule has 0 saturated heterocycles. The number of benzene rings is 13. The number of hydrogen-bond donors (Lipinski definition) is 0. The second kappa shape index (κ2) is 32.7. The first kappa shape index (κ1) is 81.5. The molecule has 2 aliphatic rings. The van der Waals surface area contributed by atoms with Crippen molar-refractivity contribution in [3.05, 3.63) is 461 Å². The molecule has 121 heavy (non-hydrogen) atoms. The lowest BCUT2D eigenvalue weighted by molar-refractivity contribution is -0.166. The first-order valence-corrected chi connectivity index (χ1v) is 37.5. The summed E-state index contributed by atoms with van der Waals surface area (Å²) in [6.07, 6.45) is -23.8. The van der Waals surface area contributed by atoms with Crippen LogP contribution in [0.1, 0.15) is 139 Å². The molecule has 0 aromatic heterocycles. The molecule has 1 atom stereocenters. The largest absolute Gasteiger partial charge is 0.416 e. The van der Waals surface area contributed by atoms with Crippen LogP contribution >= 0.6 is 0 Å². The van der Waals surface area contributed by atoms with Gasteiger partial charge in [-0.2, -0.15) is 65.9 Å². The maximum absolute atomic E-state index is 17.6. The van der Waals surface area contributed by atoms with Crippen LogP contribution < -0.4 is 0 Å². The lowest BCUT2D eigenvalue weighted by atomic mass is 9.68. The molecule has 0 heterocycles. The molecule has 592 valence electrons. The summed E-state index contributed by atoms with van der Waals surface area (Å²) in [7, 11) is 0. The minimum Gasteiger partial charge on any atom is -0.289 e. The van der Waals surface area contributed by atoms with Gasteiger partial charge in [0.25, 0.3) is 0 Å². The van der Waals surface area contributed by atoms with Crippen molar-refractivity contribution in [2.24, 2.45) is 0 Å². The van der Waals surface area contributed by atoms with Crippen LogP contribution in [0.2, 0.25) is 0 Å². The van der Waals surface area contributed by atoms with Crippen molar-refractivity contribution < 1.29 is 75.4 Å². The maximum atomic E-state index is 17.6.